The zero-order valence-electron chi connectivity index (χ0n) is 17.3. The molecule has 0 bridgehead atoms. The van der Waals surface area contributed by atoms with E-state index in [1.807, 2.05) is 32.0 Å². The van der Waals surface area contributed by atoms with Gasteiger partial charge in [0.05, 0.1) is 11.3 Å². The molecule has 1 saturated heterocycles. The van der Waals surface area contributed by atoms with Crippen LogP contribution in [0.4, 0.5) is 16.3 Å². The summed E-state index contributed by atoms with van der Waals surface area (Å²) in [5.41, 5.74) is 2.79. The van der Waals surface area contributed by atoms with Gasteiger partial charge in [-0.3, -0.25) is 9.59 Å². The standard InChI is InChI=1S/C22H27N5O3/c1-15-8-9-18(24-14-15)25-19(28)10-11-23-22(30)26-20-16(2)6-5-7-17(20)21(29)27-12-3-4-13-27/h5-9,14H,3-4,10-13H2,1-2H3,(H2,23,26,30)(H,24,25,28). The highest BCUT2D eigenvalue weighted by molar-refractivity contribution is 6.04. The number of anilines is 2. The number of nitrogens with zero attached hydrogens (tertiary/aromatic N) is 2. The fourth-order valence-electron chi connectivity index (χ4n) is 3.30. The Morgan fingerprint density at radius 1 is 1.03 bits per heavy atom. The first-order valence-corrected chi connectivity index (χ1v) is 10.1. The lowest BCUT2D eigenvalue weighted by Gasteiger charge is -2.19. The molecule has 2 aromatic rings. The summed E-state index contributed by atoms with van der Waals surface area (Å²) >= 11 is 0. The van der Waals surface area contributed by atoms with Crippen molar-refractivity contribution < 1.29 is 14.4 Å². The number of amides is 4. The second kappa shape index (κ2) is 9.87. The number of pyridine rings is 1. The van der Waals surface area contributed by atoms with Crippen molar-refractivity contribution in [2.24, 2.45) is 0 Å². The van der Waals surface area contributed by atoms with Crippen LogP contribution in [0, 0.1) is 13.8 Å². The van der Waals surface area contributed by atoms with E-state index in [4.69, 9.17) is 0 Å². The first-order valence-electron chi connectivity index (χ1n) is 10.1. The Labute approximate surface area is 176 Å². The van der Waals surface area contributed by atoms with E-state index in [9.17, 15) is 14.4 Å². The third-order valence-electron chi connectivity index (χ3n) is 4.95. The van der Waals surface area contributed by atoms with Crippen molar-refractivity contribution in [1.29, 1.82) is 0 Å². The van der Waals surface area contributed by atoms with Crippen molar-refractivity contribution in [3.63, 3.8) is 0 Å². The van der Waals surface area contributed by atoms with Gasteiger partial charge in [0.15, 0.2) is 0 Å². The van der Waals surface area contributed by atoms with Crippen LogP contribution < -0.4 is 16.0 Å². The molecule has 3 N–H and O–H groups in total. The van der Waals surface area contributed by atoms with Gasteiger partial charge in [-0.25, -0.2) is 9.78 Å². The first kappa shape index (κ1) is 21.3. The maximum absolute atomic E-state index is 12.8. The van der Waals surface area contributed by atoms with Crippen LogP contribution in [0.3, 0.4) is 0 Å². The van der Waals surface area contributed by atoms with Gasteiger partial charge in [0, 0.05) is 32.3 Å². The molecule has 8 heteroatoms. The molecule has 158 valence electrons. The summed E-state index contributed by atoms with van der Waals surface area (Å²) < 4.78 is 0. The quantitative estimate of drug-likeness (QED) is 0.682. The van der Waals surface area contributed by atoms with Crippen LogP contribution in [0.15, 0.2) is 36.5 Å². The van der Waals surface area contributed by atoms with E-state index in [1.54, 1.807) is 23.2 Å². The van der Waals surface area contributed by atoms with E-state index in [2.05, 4.69) is 20.9 Å². The molecule has 8 nitrogen and oxygen atoms in total. The van der Waals surface area contributed by atoms with Gasteiger partial charge in [-0.05, 0) is 49.9 Å². The highest BCUT2D eigenvalue weighted by Crippen LogP contribution is 2.23. The zero-order valence-corrected chi connectivity index (χ0v) is 17.3. The summed E-state index contributed by atoms with van der Waals surface area (Å²) in [6.07, 6.45) is 3.78. The molecule has 1 fully saturated rings. The molecule has 0 unspecified atom stereocenters. The summed E-state index contributed by atoms with van der Waals surface area (Å²) in [6.45, 7) is 5.40. The van der Waals surface area contributed by atoms with Crippen LogP contribution in [-0.4, -0.2) is 47.4 Å². The minimum absolute atomic E-state index is 0.0727. The third-order valence-corrected chi connectivity index (χ3v) is 4.95. The number of carbonyl (C=O) groups is 3. The highest BCUT2D eigenvalue weighted by Gasteiger charge is 2.23. The number of nitrogens with one attached hydrogen (secondary N) is 3. The molecule has 1 aliphatic rings. The van der Waals surface area contributed by atoms with Crippen LogP contribution in [0.2, 0.25) is 0 Å². The Hall–Kier alpha value is -3.42. The molecule has 0 atom stereocenters. The van der Waals surface area contributed by atoms with Crippen LogP contribution in [0.25, 0.3) is 0 Å². The average molecular weight is 409 g/mol. The summed E-state index contributed by atoms with van der Waals surface area (Å²) in [6, 6.07) is 8.51. The Balaban J connectivity index is 1.52. The molecule has 2 heterocycles. The first-order chi connectivity index (χ1) is 14.4. The van der Waals surface area contributed by atoms with Gasteiger partial charge in [0.1, 0.15) is 5.82 Å². The van der Waals surface area contributed by atoms with Crippen molar-refractivity contribution in [3.8, 4) is 0 Å². The van der Waals surface area contributed by atoms with E-state index >= 15 is 0 Å². The third kappa shape index (κ3) is 5.56. The second-order valence-corrected chi connectivity index (χ2v) is 7.40. The predicted molar refractivity (Wildman–Crippen MR) is 116 cm³/mol. The Morgan fingerprint density at radius 2 is 1.80 bits per heavy atom. The number of likely N-dealkylation sites (tertiary alicyclic amines) is 1. The van der Waals surface area contributed by atoms with Crippen molar-refractivity contribution in [2.75, 3.05) is 30.3 Å². The lowest BCUT2D eigenvalue weighted by atomic mass is 10.1. The van der Waals surface area contributed by atoms with Crippen LogP contribution in [0.1, 0.15) is 40.7 Å². The lowest BCUT2D eigenvalue weighted by molar-refractivity contribution is -0.116. The minimum atomic E-state index is -0.457. The summed E-state index contributed by atoms with van der Waals surface area (Å²) in [4.78, 5) is 43.1. The van der Waals surface area contributed by atoms with Crippen LogP contribution >= 0.6 is 0 Å². The van der Waals surface area contributed by atoms with Gasteiger partial charge in [-0.1, -0.05) is 18.2 Å². The maximum Gasteiger partial charge on any atom is 0.319 e. The zero-order chi connectivity index (χ0) is 21.5. The van der Waals surface area contributed by atoms with Gasteiger partial charge in [0.25, 0.3) is 5.91 Å². The Kier molecular flexibility index (Phi) is 7.00. The van der Waals surface area contributed by atoms with Gasteiger partial charge in [-0.15, -0.1) is 0 Å². The number of rotatable bonds is 6. The molecular formula is C22H27N5O3. The number of aryl methyl sites for hydroxylation is 2. The monoisotopic (exact) mass is 409 g/mol. The average Bonchev–Trinajstić information content (AvgIpc) is 3.25. The van der Waals surface area contributed by atoms with Crippen molar-refractivity contribution in [2.45, 2.75) is 33.1 Å². The molecule has 1 aromatic heterocycles. The predicted octanol–water partition coefficient (Wildman–Crippen LogP) is 3.08. The molecule has 0 aliphatic carbocycles. The van der Waals surface area contributed by atoms with E-state index in [-0.39, 0.29) is 24.8 Å². The molecule has 1 aromatic carbocycles. The molecule has 0 radical (unpaired) electrons. The number of hydrogen-bond acceptors (Lipinski definition) is 4. The van der Waals surface area contributed by atoms with Gasteiger partial charge in [-0.2, -0.15) is 0 Å². The molecule has 0 saturated carbocycles. The maximum atomic E-state index is 12.8. The molecule has 4 amide bonds. The number of benzene rings is 1. The molecular weight excluding hydrogens is 382 g/mol. The number of carbonyl (C=O) groups excluding carboxylic acids is 3. The van der Waals surface area contributed by atoms with Gasteiger partial charge in [0.2, 0.25) is 5.91 Å². The smallest absolute Gasteiger partial charge is 0.319 e. The highest BCUT2D eigenvalue weighted by atomic mass is 16.2. The largest absolute Gasteiger partial charge is 0.339 e. The number of aromatic nitrogens is 1. The molecule has 0 spiro atoms. The van der Waals surface area contributed by atoms with Crippen molar-refractivity contribution in [3.05, 3.63) is 53.2 Å². The summed E-state index contributed by atoms with van der Waals surface area (Å²) in [7, 11) is 0. The second-order valence-electron chi connectivity index (χ2n) is 7.40. The Morgan fingerprint density at radius 3 is 2.50 bits per heavy atom. The van der Waals surface area contributed by atoms with Gasteiger partial charge < -0.3 is 20.9 Å². The molecule has 1 aliphatic heterocycles. The SMILES string of the molecule is Cc1ccc(NC(=O)CCNC(=O)Nc2c(C)cccc2C(=O)N2CCCC2)nc1. The number of hydrogen-bond donors (Lipinski definition) is 3. The van der Waals surface area contributed by atoms with E-state index in [1.165, 1.54) is 0 Å². The number of para-hydroxylation sites is 1. The van der Waals surface area contributed by atoms with E-state index in [0.29, 0.717) is 17.1 Å². The minimum Gasteiger partial charge on any atom is -0.339 e. The van der Waals surface area contributed by atoms with E-state index < -0.39 is 6.03 Å². The van der Waals surface area contributed by atoms with Crippen LogP contribution in [-0.2, 0) is 4.79 Å². The fourth-order valence-corrected chi connectivity index (χ4v) is 3.30. The van der Waals surface area contributed by atoms with E-state index in [0.717, 1.165) is 37.1 Å². The number of urea groups is 1. The van der Waals surface area contributed by atoms with Crippen molar-refractivity contribution in [1.82, 2.24) is 15.2 Å². The summed E-state index contributed by atoms with van der Waals surface area (Å²) in [5.74, 6) is 0.156. The van der Waals surface area contributed by atoms with Crippen molar-refractivity contribution >= 4 is 29.4 Å². The summed E-state index contributed by atoms with van der Waals surface area (Å²) in [5, 5.41) is 8.12. The van der Waals surface area contributed by atoms with Crippen LogP contribution in [0.5, 0.6) is 0 Å². The molecule has 30 heavy (non-hydrogen) atoms. The topological polar surface area (TPSA) is 103 Å². The fraction of sp³-hybridized carbons (Fsp3) is 0.364. The van der Waals surface area contributed by atoms with Gasteiger partial charge >= 0.3 is 6.03 Å². The Bertz CT molecular complexity index is 921. The lowest BCUT2D eigenvalue weighted by Crippen LogP contribution is -2.33. The normalized spacial score (nSPS) is 13.1. The molecule has 3 rings (SSSR count).